The van der Waals surface area contributed by atoms with E-state index in [1.807, 2.05) is 0 Å². The topological polar surface area (TPSA) is 97.8 Å². The third-order valence-corrected chi connectivity index (χ3v) is 4.64. The first-order valence-corrected chi connectivity index (χ1v) is 8.29. The molecule has 1 unspecified atom stereocenters. The summed E-state index contributed by atoms with van der Waals surface area (Å²) in [5, 5.41) is 0. The highest BCUT2D eigenvalue weighted by atomic mass is 32.2. The van der Waals surface area contributed by atoms with Crippen molar-refractivity contribution in [1.82, 2.24) is 14.6 Å². The molecule has 1 aromatic heterocycles. The van der Waals surface area contributed by atoms with Gasteiger partial charge in [0.05, 0.1) is 12.7 Å². The standard InChI is InChI=1S/C13H19N3O5S/c1-20-6-5-16-9-11(21-10-13(16)17)7-15-22(18,19)12-3-2-4-14-8-12/h2-4,8,11,15H,5-7,9-10H2,1H3. The fourth-order valence-corrected chi connectivity index (χ4v) is 3.04. The van der Waals surface area contributed by atoms with Crippen molar-refractivity contribution >= 4 is 15.9 Å². The average Bonchev–Trinajstić information content (AvgIpc) is 2.54. The van der Waals surface area contributed by atoms with Crippen molar-refractivity contribution in [2.24, 2.45) is 0 Å². The predicted molar refractivity (Wildman–Crippen MR) is 77.6 cm³/mol. The van der Waals surface area contributed by atoms with Crippen LogP contribution in [0.5, 0.6) is 0 Å². The molecule has 8 nitrogen and oxygen atoms in total. The number of carbonyl (C=O) groups is 1. The lowest BCUT2D eigenvalue weighted by Crippen LogP contribution is -2.51. The van der Waals surface area contributed by atoms with Crippen LogP contribution < -0.4 is 4.72 Å². The van der Waals surface area contributed by atoms with Crippen LogP contribution >= 0.6 is 0 Å². The Morgan fingerprint density at radius 2 is 2.36 bits per heavy atom. The van der Waals surface area contributed by atoms with Crippen molar-refractivity contribution in [3.05, 3.63) is 24.5 Å². The summed E-state index contributed by atoms with van der Waals surface area (Å²) in [5.41, 5.74) is 0. The molecule has 1 N–H and O–H groups in total. The zero-order valence-electron chi connectivity index (χ0n) is 12.3. The number of nitrogens with zero attached hydrogens (tertiary/aromatic N) is 2. The highest BCUT2D eigenvalue weighted by Gasteiger charge is 2.27. The fourth-order valence-electron chi connectivity index (χ4n) is 2.01. The minimum Gasteiger partial charge on any atom is -0.383 e. The van der Waals surface area contributed by atoms with Gasteiger partial charge in [0, 0.05) is 39.1 Å². The van der Waals surface area contributed by atoms with Gasteiger partial charge in [0.25, 0.3) is 0 Å². The molecule has 1 atom stereocenters. The van der Waals surface area contributed by atoms with E-state index in [1.54, 1.807) is 18.1 Å². The molecule has 1 saturated heterocycles. The maximum Gasteiger partial charge on any atom is 0.248 e. The predicted octanol–water partition coefficient (Wildman–Crippen LogP) is -0.766. The van der Waals surface area contributed by atoms with Crippen molar-refractivity contribution < 1.29 is 22.7 Å². The van der Waals surface area contributed by atoms with E-state index < -0.39 is 10.0 Å². The molecule has 1 aliphatic rings. The molecule has 9 heteroatoms. The molecular formula is C13H19N3O5S. The second-order valence-electron chi connectivity index (χ2n) is 4.81. The van der Waals surface area contributed by atoms with Crippen LogP contribution in [0, 0.1) is 0 Å². The number of pyridine rings is 1. The van der Waals surface area contributed by atoms with E-state index in [4.69, 9.17) is 9.47 Å². The van der Waals surface area contributed by atoms with Crippen LogP contribution in [0.15, 0.2) is 29.4 Å². The van der Waals surface area contributed by atoms with Crippen molar-refractivity contribution in [3.63, 3.8) is 0 Å². The minimum atomic E-state index is -3.63. The minimum absolute atomic E-state index is 0.0526. The molecule has 0 spiro atoms. The van der Waals surface area contributed by atoms with Crippen LogP contribution in [-0.4, -0.2) is 70.3 Å². The summed E-state index contributed by atoms with van der Waals surface area (Å²) in [4.78, 5) is 17.2. The number of hydrogen-bond donors (Lipinski definition) is 1. The van der Waals surface area contributed by atoms with Gasteiger partial charge < -0.3 is 14.4 Å². The molecule has 122 valence electrons. The fraction of sp³-hybridized carbons (Fsp3) is 0.538. The van der Waals surface area contributed by atoms with E-state index in [1.165, 1.54) is 18.5 Å². The maximum atomic E-state index is 12.1. The summed E-state index contributed by atoms with van der Waals surface area (Å²) in [6, 6.07) is 3.02. The molecule has 0 radical (unpaired) electrons. The highest BCUT2D eigenvalue weighted by molar-refractivity contribution is 7.89. The van der Waals surface area contributed by atoms with Gasteiger partial charge in [-0.2, -0.15) is 0 Å². The van der Waals surface area contributed by atoms with Gasteiger partial charge in [-0.15, -0.1) is 0 Å². The average molecular weight is 329 g/mol. The van der Waals surface area contributed by atoms with E-state index >= 15 is 0 Å². The Morgan fingerprint density at radius 1 is 1.55 bits per heavy atom. The number of nitrogens with one attached hydrogen (secondary N) is 1. The van der Waals surface area contributed by atoms with Gasteiger partial charge in [0.15, 0.2) is 0 Å². The molecule has 0 bridgehead atoms. The maximum absolute atomic E-state index is 12.1. The molecule has 1 amide bonds. The van der Waals surface area contributed by atoms with Crippen LogP contribution in [0.4, 0.5) is 0 Å². The number of sulfonamides is 1. The summed E-state index contributed by atoms with van der Waals surface area (Å²) >= 11 is 0. The lowest BCUT2D eigenvalue weighted by molar-refractivity contribution is -0.149. The van der Waals surface area contributed by atoms with Crippen molar-refractivity contribution in [3.8, 4) is 0 Å². The zero-order chi connectivity index (χ0) is 16.0. The monoisotopic (exact) mass is 329 g/mol. The van der Waals surface area contributed by atoms with Gasteiger partial charge in [-0.1, -0.05) is 0 Å². The Labute approximate surface area is 129 Å². The van der Waals surface area contributed by atoms with Gasteiger partial charge in [-0.05, 0) is 12.1 Å². The number of ether oxygens (including phenoxy) is 2. The number of hydrogen-bond acceptors (Lipinski definition) is 6. The third kappa shape index (κ3) is 4.47. The van der Waals surface area contributed by atoms with Crippen LogP contribution in [0.25, 0.3) is 0 Å². The number of rotatable bonds is 7. The molecule has 1 aromatic rings. The molecular weight excluding hydrogens is 310 g/mol. The summed E-state index contributed by atoms with van der Waals surface area (Å²) < 4.78 is 36.9. The second kappa shape index (κ2) is 7.63. The Hall–Kier alpha value is -1.55. The van der Waals surface area contributed by atoms with Gasteiger partial charge >= 0.3 is 0 Å². The Kier molecular flexibility index (Phi) is 5.83. The van der Waals surface area contributed by atoms with Crippen LogP contribution in [-0.2, 0) is 24.3 Å². The molecule has 1 fully saturated rings. The summed E-state index contributed by atoms with van der Waals surface area (Å²) in [7, 11) is -2.07. The van der Waals surface area contributed by atoms with Gasteiger partial charge in [0.1, 0.15) is 11.5 Å². The largest absolute Gasteiger partial charge is 0.383 e. The van der Waals surface area contributed by atoms with E-state index in [0.29, 0.717) is 19.7 Å². The van der Waals surface area contributed by atoms with Crippen LogP contribution in [0.3, 0.4) is 0 Å². The van der Waals surface area contributed by atoms with E-state index in [-0.39, 0.29) is 30.1 Å². The number of methoxy groups -OCH3 is 1. The summed E-state index contributed by atoms with van der Waals surface area (Å²) in [5.74, 6) is -0.122. The van der Waals surface area contributed by atoms with Gasteiger partial charge in [0.2, 0.25) is 15.9 Å². The lowest BCUT2D eigenvalue weighted by atomic mass is 10.2. The molecule has 0 aromatic carbocycles. The molecule has 0 saturated carbocycles. The summed E-state index contributed by atoms with van der Waals surface area (Å²) in [6.45, 7) is 1.26. The van der Waals surface area contributed by atoms with Crippen molar-refractivity contribution in [2.75, 3.05) is 40.0 Å². The molecule has 2 heterocycles. The summed E-state index contributed by atoms with van der Waals surface area (Å²) in [6.07, 6.45) is 2.39. The van der Waals surface area contributed by atoms with Gasteiger partial charge in [-0.3, -0.25) is 9.78 Å². The van der Waals surface area contributed by atoms with Crippen molar-refractivity contribution in [2.45, 2.75) is 11.0 Å². The smallest absolute Gasteiger partial charge is 0.248 e. The zero-order valence-corrected chi connectivity index (χ0v) is 13.1. The first-order valence-electron chi connectivity index (χ1n) is 6.81. The normalized spacial score (nSPS) is 19.4. The Balaban J connectivity index is 1.90. The quantitative estimate of drug-likeness (QED) is 0.706. The van der Waals surface area contributed by atoms with Crippen molar-refractivity contribution in [1.29, 1.82) is 0 Å². The number of amides is 1. The first-order chi connectivity index (χ1) is 10.5. The molecule has 2 rings (SSSR count). The Bertz CT molecular complexity index is 593. The third-order valence-electron chi connectivity index (χ3n) is 3.23. The molecule has 1 aliphatic heterocycles. The van der Waals surface area contributed by atoms with E-state index in [2.05, 4.69) is 9.71 Å². The highest BCUT2D eigenvalue weighted by Crippen LogP contribution is 2.09. The lowest BCUT2D eigenvalue weighted by Gasteiger charge is -2.32. The van der Waals surface area contributed by atoms with E-state index in [9.17, 15) is 13.2 Å². The molecule has 22 heavy (non-hydrogen) atoms. The number of morpholine rings is 1. The van der Waals surface area contributed by atoms with E-state index in [0.717, 1.165) is 0 Å². The van der Waals surface area contributed by atoms with Gasteiger partial charge in [-0.25, -0.2) is 13.1 Å². The van der Waals surface area contributed by atoms with Crippen LogP contribution in [0.2, 0.25) is 0 Å². The first kappa shape index (κ1) is 16.8. The Morgan fingerprint density at radius 3 is 3.05 bits per heavy atom. The SMILES string of the molecule is COCCN1CC(CNS(=O)(=O)c2cccnc2)OCC1=O. The number of carbonyl (C=O) groups excluding carboxylic acids is 1. The second-order valence-corrected chi connectivity index (χ2v) is 6.57. The number of aromatic nitrogens is 1. The molecule has 0 aliphatic carbocycles. The van der Waals surface area contributed by atoms with Crippen LogP contribution in [0.1, 0.15) is 0 Å².